The average molecular weight is 356 g/mol. The lowest BCUT2D eigenvalue weighted by Crippen LogP contribution is -2.37. The highest BCUT2D eigenvalue weighted by Gasteiger charge is 2.23. The third-order valence-corrected chi connectivity index (χ3v) is 5.23. The van der Waals surface area contributed by atoms with Gasteiger partial charge in [-0.2, -0.15) is 0 Å². The summed E-state index contributed by atoms with van der Waals surface area (Å²) in [6.45, 7) is 6.70. The van der Waals surface area contributed by atoms with Crippen LogP contribution >= 0.6 is 0 Å². The maximum Gasteiger partial charge on any atom is 0.253 e. The first-order chi connectivity index (χ1) is 12.5. The number of rotatable bonds is 4. The quantitative estimate of drug-likeness (QED) is 0.846. The second-order valence-corrected chi connectivity index (χ2v) is 7.05. The molecule has 0 N–H and O–H groups in total. The second kappa shape index (κ2) is 7.89. The summed E-state index contributed by atoms with van der Waals surface area (Å²) in [5.41, 5.74) is 2.55. The number of aryl methyl sites for hydroxylation is 2. The van der Waals surface area contributed by atoms with Crippen molar-refractivity contribution in [3.63, 3.8) is 0 Å². The van der Waals surface area contributed by atoms with Crippen LogP contribution in [0.3, 0.4) is 0 Å². The molecule has 1 aromatic heterocycles. The molecule has 1 aromatic carbocycles. The lowest BCUT2D eigenvalue weighted by Gasteiger charge is -2.22. The molecular weight excluding hydrogens is 328 g/mol. The molecule has 1 saturated heterocycles. The van der Waals surface area contributed by atoms with Crippen LogP contribution in [0.15, 0.2) is 18.2 Å². The van der Waals surface area contributed by atoms with Gasteiger partial charge in [-0.25, -0.2) is 4.98 Å². The molecule has 140 valence electrons. The van der Waals surface area contributed by atoms with Crippen molar-refractivity contribution in [2.24, 2.45) is 7.05 Å². The summed E-state index contributed by atoms with van der Waals surface area (Å²) in [4.78, 5) is 33.5. The van der Waals surface area contributed by atoms with Crippen LogP contribution in [0.4, 0.5) is 0 Å². The highest BCUT2D eigenvalue weighted by molar-refractivity contribution is 5.97. The van der Waals surface area contributed by atoms with Crippen molar-refractivity contribution in [1.82, 2.24) is 19.4 Å². The fourth-order valence-corrected chi connectivity index (χ4v) is 3.49. The molecule has 2 heterocycles. The molecule has 0 aliphatic carbocycles. The largest absolute Gasteiger partial charge is 0.341 e. The van der Waals surface area contributed by atoms with Gasteiger partial charge in [0.15, 0.2) is 0 Å². The predicted molar refractivity (Wildman–Crippen MR) is 102 cm³/mol. The van der Waals surface area contributed by atoms with Crippen LogP contribution in [-0.2, 0) is 11.8 Å². The van der Waals surface area contributed by atoms with E-state index in [1.807, 2.05) is 46.5 Å². The molecule has 2 aromatic rings. The van der Waals surface area contributed by atoms with Gasteiger partial charge in [0, 0.05) is 45.2 Å². The number of hydrogen-bond donors (Lipinski definition) is 0. The Balaban J connectivity index is 1.69. The number of nitrogens with zero attached hydrogens (tertiary/aromatic N) is 4. The number of aromatic nitrogens is 2. The number of amides is 2. The van der Waals surface area contributed by atoms with Gasteiger partial charge in [-0.15, -0.1) is 0 Å². The van der Waals surface area contributed by atoms with Crippen molar-refractivity contribution >= 4 is 22.8 Å². The van der Waals surface area contributed by atoms with Gasteiger partial charge in [0.25, 0.3) is 5.91 Å². The Morgan fingerprint density at radius 3 is 2.62 bits per heavy atom. The van der Waals surface area contributed by atoms with Crippen molar-refractivity contribution in [1.29, 1.82) is 0 Å². The van der Waals surface area contributed by atoms with Crippen LogP contribution in [-0.4, -0.2) is 57.3 Å². The van der Waals surface area contributed by atoms with Crippen molar-refractivity contribution < 1.29 is 9.59 Å². The van der Waals surface area contributed by atoms with Gasteiger partial charge in [0.1, 0.15) is 5.82 Å². The Bertz CT molecular complexity index is 811. The lowest BCUT2D eigenvalue weighted by molar-refractivity contribution is -0.131. The number of hydrogen-bond acceptors (Lipinski definition) is 3. The van der Waals surface area contributed by atoms with Gasteiger partial charge in [-0.05, 0) is 38.0 Å². The molecular formula is C20H28N4O2. The fraction of sp³-hybridized carbons (Fsp3) is 0.550. The average Bonchev–Trinajstić information content (AvgIpc) is 2.82. The van der Waals surface area contributed by atoms with E-state index in [9.17, 15) is 9.59 Å². The minimum atomic E-state index is 0.0260. The topological polar surface area (TPSA) is 58.4 Å². The molecule has 0 saturated carbocycles. The van der Waals surface area contributed by atoms with E-state index in [1.54, 1.807) is 0 Å². The van der Waals surface area contributed by atoms with Crippen molar-refractivity contribution in [2.45, 2.75) is 39.5 Å². The first-order valence-electron chi connectivity index (χ1n) is 9.51. The monoisotopic (exact) mass is 356 g/mol. The number of unbranched alkanes of at least 4 members (excludes halogenated alkanes) is 1. The first-order valence-corrected chi connectivity index (χ1v) is 9.51. The Labute approximate surface area is 154 Å². The normalized spacial score (nSPS) is 15.3. The van der Waals surface area contributed by atoms with Gasteiger partial charge in [-0.3, -0.25) is 9.59 Å². The van der Waals surface area contributed by atoms with Gasteiger partial charge >= 0.3 is 0 Å². The van der Waals surface area contributed by atoms with Crippen molar-refractivity contribution in [2.75, 3.05) is 26.2 Å². The summed E-state index contributed by atoms with van der Waals surface area (Å²) >= 11 is 0. The van der Waals surface area contributed by atoms with Crippen LogP contribution in [0.25, 0.3) is 11.0 Å². The van der Waals surface area contributed by atoms with E-state index < -0.39 is 0 Å². The van der Waals surface area contributed by atoms with Crippen molar-refractivity contribution in [3.8, 4) is 0 Å². The number of carbonyl (C=O) groups excluding carboxylic acids is 2. The fourth-order valence-electron chi connectivity index (χ4n) is 3.49. The minimum Gasteiger partial charge on any atom is -0.341 e. The third-order valence-electron chi connectivity index (χ3n) is 5.23. The molecule has 1 aliphatic rings. The predicted octanol–water partition coefficient (Wildman–Crippen LogP) is 2.75. The number of imidazole rings is 1. The zero-order valence-electron chi connectivity index (χ0n) is 16.0. The molecule has 3 rings (SSSR count). The summed E-state index contributed by atoms with van der Waals surface area (Å²) in [5, 5.41) is 0. The SMILES string of the molecule is CCCCC(=O)N1CCCN(C(=O)c2ccc3c(c2)nc(C)n3C)CC1. The summed E-state index contributed by atoms with van der Waals surface area (Å²) in [7, 11) is 1.98. The molecule has 0 bridgehead atoms. The molecule has 1 aliphatic heterocycles. The third kappa shape index (κ3) is 3.74. The maximum absolute atomic E-state index is 12.9. The van der Waals surface area contributed by atoms with E-state index in [1.165, 1.54) is 0 Å². The highest BCUT2D eigenvalue weighted by atomic mass is 16.2. The van der Waals surface area contributed by atoms with Crippen molar-refractivity contribution in [3.05, 3.63) is 29.6 Å². The van der Waals surface area contributed by atoms with E-state index in [2.05, 4.69) is 11.9 Å². The lowest BCUT2D eigenvalue weighted by atomic mass is 10.1. The first kappa shape index (κ1) is 18.4. The summed E-state index contributed by atoms with van der Waals surface area (Å²) in [6.07, 6.45) is 3.40. The van der Waals surface area contributed by atoms with Crippen LogP contribution in [0.2, 0.25) is 0 Å². The van der Waals surface area contributed by atoms with E-state index in [-0.39, 0.29) is 11.8 Å². The Morgan fingerprint density at radius 1 is 1.12 bits per heavy atom. The molecule has 6 nitrogen and oxygen atoms in total. The Kier molecular flexibility index (Phi) is 5.59. The standard InChI is InChI=1S/C20H28N4O2/c1-4-5-7-19(25)23-10-6-11-24(13-12-23)20(26)16-8-9-18-17(14-16)21-15(2)22(18)3/h8-9,14H,4-7,10-13H2,1-3H3. The van der Waals surface area contributed by atoms with E-state index in [0.717, 1.165) is 42.7 Å². The minimum absolute atomic E-state index is 0.0260. The highest BCUT2D eigenvalue weighted by Crippen LogP contribution is 2.18. The van der Waals surface area contributed by atoms with E-state index in [0.29, 0.717) is 31.6 Å². The van der Waals surface area contributed by atoms with Crippen LogP contribution in [0, 0.1) is 6.92 Å². The van der Waals surface area contributed by atoms with Gasteiger partial charge in [0.2, 0.25) is 5.91 Å². The molecule has 26 heavy (non-hydrogen) atoms. The van der Waals surface area contributed by atoms with Crippen LogP contribution in [0.1, 0.15) is 48.8 Å². The summed E-state index contributed by atoms with van der Waals surface area (Å²) in [5.74, 6) is 1.17. The molecule has 2 amide bonds. The number of fused-ring (bicyclic) bond motifs is 1. The zero-order chi connectivity index (χ0) is 18.7. The molecule has 0 radical (unpaired) electrons. The van der Waals surface area contributed by atoms with Gasteiger partial charge in [-0.1, -0.05) is 13.3 Å². The smallest absolute Gasteiger partial charge is 0.253 e. The van der Waals surface area contributed by atoms with Crippen LogP contribution in [0.5, 0.6) is 0 Å². The van der Waals surface area contributed by atoms with E-state index >= 15 is 0 Å². The summed E-state index contributed by atoms with van der Waals surface area (Å²) < 4.78 is 2.02. The number of benzene rings is 1. The molecule has 6 heteroatoms. The van der Waals surface area contributed by atoms with Crippen LogP contribution < -0.4 is 0 Å². The second-order valence-electron chi connectivity index (χ2n) is 7.05. The molecule has 1 fully saturated rings. The molecule has 0 atom stereocenters. The Morgan fingerprint density at radius 2 is 1.85 bits per heavy atom. The maximum atomic E-state index is 12.9. The zero-order valence-corrected chi connectivity index (χ0v) is 16.0. The number of carbonyl (C=O) groups is 2. The summed E-state index contributed by atoms with van der Waals surface area (Å²) in [6, 6.07) is 5.71. The van der Waals surface area contributed by atoms with E-state index in [4.69, 9.17) is 0 Å². The molecule has 0 unspecified atom stereocenters. The van der Waals surface area contributed by atoms with Gasteiger partial charge in [0.05, 0.1) is 11.0 Å². The Hall–Kier alpha value is -2.37. The van der Waals surface area contributed by atoms with Gasteiger partial charge < -0.3 is 14.4 Å². The molecule has 0 spiro atoms.